The van der Waals surface area contributed by atoms with Gasteiger partial charge < -0.3 is 0 Å². The normalized spacial score (nSPS) is 11.6. The second-order valence-corrected chi connectivity index (χ2v) is 5.66. The van der Waals surface area contributed by atoms with E-state index in [4.69, 9.17) is 0 Å². The van der Waals surface area contributed by atoms with E-state index in [9.17, 15) is 10.1 Å². The van der Waals surface area contributed by atoms with E-state index >= 15 is 0 Å². The SMILES string of the molecule is CCCCCCCCCc1ccc(/C=C(\C)[N+](=O)[O-])cc1. The first kappa shape index (κ1) is 17.4. The lowest BCUT2D eigenvalue weighted by Gasteiger charge is -2.03. The van der Waals surface area contributed by atoms with Crippen molar-refractivity contribution in [2.45, 2.75) is 65.2 Å². The lowest BCUT2D eigenvalue weighted by atomic mass is 10.0. The highest BCUT2D eigenvalue weighted by Gasteiger charge is 2.02. The highest BCUT2D eigenvalue weighted by molar-refractivity contribution is 5.51. The first-order valence-corrected chi connectivity index (χ1v) is 8.05. The van der Waals surface area contributed by atoms with Crippen LogP contribution >= 0.6 is 0 Å². The Hall–Kier alpha value is -1.64. The minimum Gasteiger partial charge on any atom is -0.259 e. The van der Waals surface area contributed by atoms with Crippen molar-refractivity contribution >= 4 is 6.08 Å². The van der Waals surface area contributed by atoms with Crippen molar-refractivity contribution in [3.8, 4) is 0 Å². The van der Waals surface area contributed by atoms with Crippen LogP contribution in [0.15, 0.2) is 30.0 Å². The number of aryl methyl sites for hydroxylation is 1. The number of benzene rings is 1. The van der Waals surface area contributed by atoms with Crippen molar-refractivity contribution < 1.29 is 4.92 Å². The Morgan fingerprint density at radius 1 is 1.05 bits per heavy atom. The molecule has 0 aromatic heterocycles. The van der Waals surface area contributed by atoms with Gasteiger partial charge in [-0.3, -0.25) is 10.1 Å². The summed E-state index contributed by atoms with van der Waals surface area (Å²) in [5, 5.41) is 10.6. The van der Waals surface area contributed by atoms with E-state index < -0.39 is 0 Å². The van der Waals surface area contributed by atoms with Crippen LogP contribution in [0.3, 0.4) is 0 Å². The molecule has 116 valence electrons. The summed E-state index contributed by atoms with van der Waals surface area (Å²) in [6.45, 7) is 3.76. The Kier molecular flexibility index (Phi) is 8.41. The van der Waals surface area contributed by atoms with Crippen LogP contribution in [0.1, 0.15) is 69.9 Å². The van der Waals surface area contributed by atoms with Crippen molar-refractivity contribution in [3.63, 3.8) is 0 Å². The number of rotatable bonds is 10. The fourth-order valence-electron chi connectivity index (χ4n) is 2.36. The molecule has 1 aromatic carbocycles. The fourth-order valence-corrected chi connectivity index (χ4v) is 2.36. The van der Waals surface area contributed by atoms with Gasteiger partial charge in [0.15, 0.2) is 0 Å². The molecule has 0 atom stereocenters. The van der Waals surface area contributed by atoms with Gasteiger partial charge in [0.2, 0.25) is 5.70 Å². The zero-order valence-electron chi connectivity index (χ0n) is 13.3. The van der Waals surface area contributed by atoms with E-state index in [1.165, 1.54) is 57.4 Å². The second-order valence-electron chi connectivity index (χ2n) is 5.66. The number of hydrogen-bond donors (Lipinski definition) is 0. The monoisotopic (exact) mass is 289 g/mol. The molecule has 0 aliphatic carbocycles. The van der Waals surface area contributed by atoms with Crippen molar-refractivity contribution in [1.82, 2.24) is 0 Å². The third-order valence-corrected chi connectivity index (χ3v) is 3.71. The quantitative estimate of drug-likeness (QED) is 0.319. The zero-order chi connectivity index (χ0) is 15.5. The van der Waals surface area contributed by atoms with E-state index in [1.807, 2.05) is 12.1 Å². The van der Waals surface area contributed by atoms with Gasteiger partial charge in [0.1, 0.15) is 0 Å². The molecule has 0 saturated heterocycles. The number of hydrogen-bond acceptors (Lipinski definition) is 2. The van der Waals surface area contributed by atoms with Gasteiger partial charge in [-0.1, -0.05) is 69.7 Å². The number of unbranched alkanes of at least 4 members (excludes halogenated alkanes) is 6. The molecule has 3 nitrogen and oxygen atoms in total. The third kappa shape index (κ3) is 7.64. The molecule has 0 bridgehead atoms. The summed E-state index contributed by atoms with van der Waals surface area (Å²) in [6, 6.07) is 8.08. The summed E-state index contributed by atoms with van der Waals surface area (Å²) >= 11 is 0. The van der Waals surface area contributed by atoms with E-state index in [0.29, 0.717) is 0 Å². The Bertz CT molecular complexity index is 449. The summed E-state index contributed by atoms with van der Waals surface area (Å²) < 4.78 is 0. The third-order valence-electron chi connectivity index (χ3n) is 3.71. The summed E-state index contributed by atoms with van der Waals surface area (Å²) in [4.78, 5) is 10.2. The Morgan fingerprint density at radius 3 is 2.19 bits per heavy atom. The summed E-state index contributed by atoms with van der Waals surface area (Å²) in [7, 11) is 0. The maximum Gasteiger partial charge on any atom is 0.243 e. The summed E-state index contributed by atoms with van der Waals surface area (Å²) in [5.41, 5.74) is 2.39. The van der Waals surface area contributed by atoms with Crippen LogP contribution in [0, 0.1) is 10.1 Å². The molecule has 0 N–H and O–H groups in total. The molecular weight excluding hydrogens is 262 g/mol. The van der Waals surface area contributed by atoms with Crippen molar-refractivity contribution in [3.05, 3.63) is 51.2 Å². The fraction of sp³-hybridized carbons (Fsp3) is 0.556. The topological polar surface area (TPSA) is 43.1 Å². The van der Waals surface area contributed by atoms with Crippen molar-refractivity contribution in [2.24, 2.45) is 0 Å². The number of nitrogens with zero attached hydrogens (tertiary/aromatic N) is 1. The summed E-state index contributed by atoms with van der Waals surface area (Å²) in [5.74, 6) is 0. The molecule has 0 saturated carbocycles. The molecule has 21 heavy (non-hydrogen) atoms. The van der Waals surface area contributed by atoms with E-state index in [2.05, 4.69) is 19.1 Å². The van der Waals surface area contributed by atoms with Crippen LogP contribution in [0.2, 0.25) is 0 Å². The van der Waals surface area contributed by atoms with E-state index in [-0.39, 0.29) is 10.6 Å². The molecule has 1 rings (SSSR count). The van der Waals surface area contributed by atoms with E-state index in [1.54, 1.807) is 6.08 Å². The van der Waals surface area contributed by atoms with Gasteiger partial charge in [0, 0.05) is 13.0 Å². The van der Waals surface area contributed by atoms with Crippen molar-refractivity contribution in [2.75, 3.05) is 0 Å². The van der Waals surface area contributed by atoms with Gasteiger partial charge >= 0.3 is 0 Å². The second kappa shape index (κ2) is 10.1. The first-order chi connectivity index (χ1) is 10.1. The predicted molar refractivity (Wildman–Crippen MR) is 88.8 cm³/mol. The maximum absolute atomic E-state index is 10.6. The lowest BCUT2D eigenvalue weighted by molar-refractivity contribution is -0.422. The highest BCUT2D eigenvalue weighted by atomic mass is 16.6. The zero-order valence-corrected chi connectivity index (χ0v) is 13.3. The van der Waals surface area contributed by atoms with Crippen LogP contribution in [-0.4, -0.2) is 4.92 Å². The molecule has 0 heterocycles. The Labute approximate surface area is 128 Å². The van der Waals surface area contributed by atoms with Gasteiger partial charge in [-0.05, 0) is 24.0 Å². The molecule has 3 heteroatoms. The molecular formula is C18H27NO2. The standard InChI is InChI=1S/C18H27NO2/c1-3-4-5-6-7-8-9-10-17-11-13-18(14-12-17)15-16(2)19(20)21/h11-15H,3-10H2,1-2H3/b16-15+. The molecule has 0 unspecified atom stereocenters. The van der Waals surface area contributed by atoms with Crippen LogP contribution < -0.4 is 0 Å². The highest BCUT2D eigenvalue weighted by Crippen LogP contribution is 2.13. The van der Waals surface area contributed by atoms with Gasteiger partial charge in [-0.25, -0.2) is 0 Å². The Morgan fingerprint density at radius 2 is 1.62 bits per heavy atom. The number of nitro groups is 1. The predicted octanol–water partition coefficient (Wildman–Crippen LogP) is 5.62. The minimum atomic E-state index is -0.355. The van der Waals surface area contributed by atoms with Gasteiger partial charge in [0.25, 0.3) is 0 Å². The van der Waals surface area contributed by atoms with Crippen LogP contribution in [-0.2, 0) is 6.42 Å². The Balaban J connectivity index is 2.28. The molecule has 0 radical (unpaired) electrons. The van der Waals surface area contributed by atoms with Gasteiger partial charge in [-0.2, -0.15) is 0 Å². The molecule has 1 aromatic rings. The lowest BCUT2D eigenvalue weighted by Crippen LogP contribution is -1.93. The maximum atomic E-state index is 10.6. The van der Waals surface area contributed by atoms with Crippen LogP contribution in [0.5, 0.6) is 0 Å². The molecule has 0 aliphatic rings. The smallest absolute Gasteiger partial charge is 0.243 e. The average Bonchev–Trinajstić information content (AvgIpc) is 2.48. The summed E-state index contributed by atoms with van der Waals surface area (Å²) in [6.07, 6.45) is 12.0. The minimum absolute atomic E-state index is 0.176. The first-order valence-electron chi connectivity index (χ1n) is 8.05. The molecule has 0 amide bonds. The average molecular weight is 289 g/mol. The molecule has 0 fully saturated rings. The van der Waals surface area contributed by atoms with Crippen LogP contribution in [0.4, 0.5) is 0 Å². The van der Waals surface area contributed by atoms with Crippen LogP contribution in [0.25, 0.3) is 6.08 Å². The van der Waals surface area contributed by atoms with E-state index in [0.717, 1.165) is 12.0 Å². The molecule has 0 spiro atoms. The number of allylic oxidation sites excluding steroid dienone is 1. The van der Waals surface area contributed by atoms with Gasteiger partial charge in [-0.15, -0.1) is 0 Å². The van der Waals surface area contributed by atoms with Crippen molar-refractivity contribution in [1.29, 1.82) is 0 Å². The largest absolute Gasteiger partial charge is 0.259 e. The van der Waals surface area contributed by atoms with Gasteiger partial charge in [0.05, 0.1) is 4.92 Å². The molecule has 0 aliphatic heterocycles.